The summed E-state index contributed by atoms with van der Waals surface area (Å²) in [7, 11) is 2.09. The number of aliphatic carboxylic acids is 1. The first-order valence-electron chi connectivity index (χ1n) is 8.01. The molecule has 0 spiro atoms. The molecule has 0 saturated heterocycles. The molecule has 3 rings (SSSR count). The summed E-state index contributed by atoms with van der Waals surface area (Å²) in [6.07, 6.45) is 3.86. The van der Waals surface area contributed by atoms with Crippen molar-refractivity contribution in [2.45, 2.75) is 32.7 Å². The van der Waals surface area contributed by atoms with Crippen molar-refractivity contribution in [3.63, 3.8) is 0 Å². The van der Waals surface area contributed by atoms with Gasteiger partial charge in [-0.1, -0.05) is 32.0 Å². The van der Waals surface area contributed by atoms with E-state index in [0.29, 0.717) is 5.92 Å². The summed E-state index contributed by atoms with van der Waals surface area (Å²) >= 11 is 0. The molecule has 0 unspecified atom stereocenters. The molecule has 0 atom stereocenters. The van der Waals surface area contributed by atoms with Gasteiger partial charge < -0.3 is 10.0 Å². The minimum Gasteiger partial charge on any atom is -0.478 e. The summed E-state index contributed by atoms with van der Waals surface area (Å²) < 4.78 is 0. The number of fused-ring (bicyclic) bond motifs is 2. The summed E-state index contributed by atoms with van der Waals surface area (Å²) in [5.74, 6) is -0.542. The van der Waals surface area contributed by atoms with Gasteiger partial charge in [0.15, 0.2) is 0 Å². The van der Waals surface area contributed by atoms with Crippen LogP contribution in [0.3, 0.4) is 0 Å². The fourth-order valence-corrected chi connectivity index (χ4v) is 3.26. The molecule has 2 heterocycles. The normalized spacial score (nSPS) is 15.5. The lowest BCUT2D eigenvalue weighted by Crippen LogP contribution is -2.28. The second kappa shape index (κ2) is 6.13. The zero-order valence-electron chi connectivity index (χ0n) is 13.8. The molecule has 23 heavy (non-hydrogen) atoms. The third kappa shape index (κ3) is 2.99. The minimum atomic E-state index is -0.923. The number of likely N-dealkylation sites (N-methyl/N-ethyl adjacent to an activating group) is 1. The minimum absolute atomic E-state index is 0.381. The van der Waals surface area contributed by atoms with Gasteiger partial charge in [0.2, 0.25) is 0 Å². The summed E-state index contributed by atoms with van der Waals surface area (Å²) in [6.45, 7) is 6.12. The van der Waals surface area contributed by atoms with Gasteiger partial charge in [0, 0.05) is 36.7 Å². The largest absolute Gasteiger partial charge is 0.478 e. The highest BCUT2D eigenvalue weighted by molar-refractivity contribution is 5.95. The molecule has 0 amide bonds. The van der Waals surface area contributed by atoms with Gasteiger partial charge in [-0.2, -0.15) is 0 Å². The first-order valence-corrected chi connectivity index (χ1v) is 8.01. The van der Waals surface area contributed by atoms with Crippen LogP contribution in [-0.4, -0.2) is 34.6 Å². The lowest BCUT2D eigenvalue weighted by atomic mass is 9.92. The second-order valence-electron chi connectivity index (χ2n) is 6.51. The van der Waals surface area contributed by atoms with E-state index in [9.17, 15) is 4.79 Å². The number of pyridine rings is 1. The predicted octanol–water partition coefficient (Wildman–Crippen LogP) is 3.44. The maximum Gasteiger partial charge on any atom is 0.328 e. The first kappa shape index (κ1) is 15.7. The van der Waals surface area contributed by atoms with Crippen molar-refractivity contribution >= 4 is 22.9 Å². The molecule has 0 radical (unpaired) electrons. The topological polar surface area (TPSA) is 53.4 Å². The van der Waals surface area contributed by atoms with Crippen molar-refractivity contribution in [3.05, 3.63) is 46.7 Å². The quantitative estimate of drug-likeness (QED) is 0.882. The smallest absolute Gasteiger partial charge is 0.328 e. The van der Waals surface area contributed by atoms with Gasteiger partial charge in [0.25, 0.3) is 0 Å². The van der Waals surface area contributed by atoms with Crippen LogP contribution >= 0.6 is 0 Å². The van der Waals surface area contributed by atoms with Gasteiger partial charge in [0.05, 0.1) is 5.52 Å². The Morgan fingerprint density at radius 2 is 2.17 bits per heavy atom. The Balaban J connectivity index is 2.32. The van der Waals surface area contributed by atoms with Crippen LogP contribution in [0.25, 0.3) is 17.0 Å². The van der Waals surface area contributed by atoms with Crippen LogP contribution in [0.2, 0.25) is 0 Å². The van der Waals surface area contributed by atoms with E-state index in [1.807, 2.05) is 12.1 Å². The molecule has 1 aromatic carbocycles. The molecule has 1 aliphatic heterocycles. The van der Waals surface area contributed by atoms with Crippen LogP contribution in [0.5, 0.6) is 0 Å². The summed E-state index contributed by atoms with van der Waals surface area (Å²) in [5, 5.41) is 10.1. The van der Waals surface area contributed by atoms with Gasteiger partial charge in [-0.25, -0.2) is 4.79 Å². The number of rotatable bonds is 3. The Bertz CT molecular complexity index is 794. The average molecular weight is 310 g/mol. The zero-order valence-corrected chi connectivity index (χ0v) is 13.8. The van der Waals surface area contributed by atoms with E-state index in [-0.39, 0.29) is 0 Å². The van der Waals surface area contributed by atoms with Crippen LogP contribution in [0.15, 0.2) is 24.3 Å². The highest BCUT2D eigenvalue weighted by atomic mass is 16.4. The fourth-order valence-electron chi connectivity index (χ4n) is 3.26. The molecule has 0 saturated carbocycles. The Labute approximate surface area is 136 Å². The van der Waals surface area contributed by atoms with Crippen molar-refractivity contribution in [1.29, 1.82) is 0 Å². The van der Waals surface area contributed by atoms with Gasteiger partial charge in [-0.15, -0.1) is 0 Å². The first-order chi connectivity index (χ1) is 11.0. The lowest BCUT2D eigenvalue weighted by Gasteiger charge is -2.27. The van der Waals surface area contributed by atoms with Crippen LogP contribution < -0.4 is 0 Å². The van der Waals surface area contributed by atoms with Gasteiger partial charge in [0.1, 0.15) is 0 Å². The van der Waals surface area contributed by atoms with E-state index in [0.717, 1.165) is 47.2 Å². The van der Waals surface area contributed by atoms with Crippen LogP contribution in [-0.2, 0) is 17.8 Å². The van der Waals surface area contributed by atoms with E-state index in [1.54, 1.807) is 6.08 Å². The molecule has 4 heteroatoms. The third-order valence-electron chi connectivity index (χ3n) is 4.45. The monoisotopic (exact) mass is 310 g/mol. The van der Waals surface area contributed by atoms with Crippen molar-refractivity contribution in [3.8, 4) is 0 Å². The summed E-state index contributed by atoms with van der Waals surface area (Å²) in [5.41, 5.74) is 5.49. The van der Waals surface area contributed by atoms with Crippen LogP contribution in [0.4, 0.5) is 0 Å². The average Bonchev–Trinajstić information content (AvgIpc) is 2.50. The Morgan fingerprint density at radius 1 is 1.39 bits per heavy atom. The van der Waals surface area contributed by atoms with Crippen molar-refractivity contribution < 1.29 is 9.90 Å². The Kier molecular flexibility index (Phi) is 4.18. The van der Waals surface area contributed by atoms with Gasteiger partial charge in [-0.3, -0.25) is 4.98 Å². The molecule has 1 aromatic heterocycles. The molecular weight excluding hydrogens is 288 g/mol. The van der Waals surface area contributed by atoms with E-state index >= 15 is 0 Å². The number of carbonyl (C=O) groups is 1. The number of para-hydroxylation sites is 1. The van der Waals surface area contributed by atoms with Gasteiger partial charge >= 0.3 is 5.97 Å². The zero-order chi connectivity index (χ0) is 16.6. The number of carboxylic acid groups (broad SMARTS) is 1. The Morgan fingerprint density at radius 3 is 2.87 bits per heavy atom. The van der Waals surface area contributed by atoms with Crippen molar-refractivity contribution in [2.24, 2.45) is 0 Å². The van der Waals surface area contributed by atoms with Crippen LogP contribution in [0, 0.1) is 0 Å². The second-order valence-corrected chi connectivity index (χ2v) is 6.51. The van der Waals surface area contributed by atoms with E-state index < -0.39 is 5.97 Å². The maximum atomic E-state index is 11.0. The third-order valence-corrected chi connectivity index (χ3v) is 4.45. The van der Waals surface area contributed by atoms with E-state index in [1.165, 1.54) is 11.6 Å². The van der Waals surface area contributed by atoms with E-state index in [4.69, 9.17) is 10.1 Å². The molecule has 2 aromatic rings. The van der Waals surface area contributed by atoms with Crippen LogP contribution in [0.1, 0.15) is 42.1 Å². The van der Waals surface area contributed by atoms with Crippen molar-refractivity contribution in [2.75, 3.05) is 13.6 Å². The lowest BCUT2D eigenvalue weighted by molar-refractivity contribution is -0.131. The molecule has 0 bridgehead atoms. The summed E-state index contributed by atoms with van der Waals surface area (Å²) in [4.78, 5) is 18.2. The van der Waals surface area contributed by atoms with Crippen molar-refractivity contribution in [1.82, 2.24) is 9.88 Å². The molecular formula is C19H22N2O2. The Hall–Kier alpha value is -2.20. The number of hydrogen-bond donors (Lipinski definition) is 1. The molecule has 1 aliphatic rings. The molecule has 120 valence electrons. The molecule has 0 fully saturated rings. The fraction of sp³-hybridized carbons (Fsp3) is 0.368. The number of benzene rings is 1. The van der Waals surface area contributed by atoms with Gasteiger partial charge in [-0.05, 0) is 35.7 Å². The highest BCUT2D eigenvalue weighted by Gasteiger charge is 2.21. The SMILES string of the molecule is CC(C)c1cccc2c(/C=C/C(=O)O)c3c(nc12)CCN(C)C3. The molecule has 1 N–H and O–H groups in total. The number of hydrogen-bond acceptors (Lipinski definition) is 3. The standard InChI is InChI=1S/C19H22N2O2/c1-12(2)13-5-4-6-15-14(7-8-18(22)23)16-11-21(3)10-9-17(16)20-19(13)15/h4-8,12H,9-11H2,1-3H3,(H,22,23)/b8-7+. The number of aromatic nitrogens is 1. The molecule has 4 nitrogen and oxygen atoms in total. The number of nitrogens with zero attached hydrogens (tertiary/aromatic N) is 2. The predicted molar refractivity (Wildman–Crippen MR) is 92.5 cm³/mol. The number of carboxylic acids is 1. The van der Waals surface area contributed by atoms with E-state index in [2.05, 4.69) is 31.9 Å². The summed E-state index contributed by atoms with van der Waals surface area (Å²) in [6, 6.07) is 6.20. The highest BCUT2D eigenvalue weighted by Crippen LogP contribution is 2.32. The maximum absolute atomic E-state index is 11.0. The molecule has 0 aliphatic carbocycles.